The minimum Gasteiger partial charge on any atom is -0.493 e. The molecule has 0 aliphatic heterocycles. The lowest BCUT2D eigenvalue weighted by Gasteiger charge is -2.08. The topological polar surface area (TPSA) is 116 Å². The third-order valence-corrected chi connectivity index (χ3v) is 2.62. The first-order chi connectivity index (χ1) is 10.1. The van der Waals surface area contributed by atoms with Crippen LogP contribution in [-0.2, 0) is 0 Å². The molecule has 0 saturated heterocycles. The van der Waals surface area contributed by atoms with Gasteiger partial charge >= 0.3 is 0 Å². The van der Waals surface area contributed by atoms with Crippen molar-refractivity contribution in [2.24, 2.45) is 5.73 Å². The van der Waals surface area contributed by atoms with Gasteiger partial charge in [-0.2, -0.15) is 15.8 Å². The van der Waals surface area contributed by atoms with Crippen LogP contribution in [0.3, 0.4) is 0 Å². The fourth-order valence-electron chi connectivity index (χ4n) is 1.56. The standard InChI is InChI=1S/C15H12N4O2/c1-20-13-4-3-10(6-14(13)21-2)5-11(7-16)15(19)12(8-17)9-18/h3-6H,19H2,1-2H3. The Morgan fingerprint density at radius 3 is 2.14 bits per heavy atom. The Morgan fingerprint density at radius 1 is 1.05 bits per heavy atom. The first-order valence-electron chi connectivity index (χ1n) is 5.75. The monoisotopic (exact) mass is 280 g/mol. The van der Waals surface area contributed by atoms with Crippen LogP contribution in [0.4, 0.5) is 0 Å². The summed E-state index contributed by atoms with van der Waals surface area (Å²) in [6, 6.07) is 10.2. The van der Waals surface area contributed by atoms with E-state index in [1.807, 2.05) is 6.07 Å². The van der Waals surface area contributed by atoms with Gasteiger partial charge in [0.15, 0.2) is 17.1 Å². The lowest BCUT2D eigenvalue weighted by molar-refractivity contribution is 0.355. The van der Waals surface area contributed by atoms with E-state index < -0.39 is 0 Å². The first kappa shape index (κ1) is 15.6. The zero-order valence-electron chi connectivity index (χ0n) is 11.5. The highest BCUT2D eigenvalue weighted by Gasteiger charge is 2.09. The summed E-state index contributed by atoms with van der Waals surface area (Å²) in [7, 11) is 3.01. The van der Waals surface area contributed by atoms with Gasteiger partial charge in [-0.05, 0) is 23.8 Å². The summed E-state index contributed by atoms with van der Waals surface area (Å²) in [6.45, 7) is 0. The molecule has 0 spiro atoms. The van der Waals surface area contributed by atoms with Gasteiger partial charge in [-0.25, -0.2) is 0 Å². The van der Waals surface area contributed by atoms with Gasteiger partial charge in [0.05, 0.1) is 25.5 Å². The van der Waals surface area contributed by atoms with Crippen LogP contribution >= 0.6 is 0 Å². The minimum atomic E-state index is -0.303. The molecule has 0 aromatic heterocycles. The van der Waals surface area contributed by atoms with E-state index in [-0.39, 0.29) is 16.8 Å². The second-order valence-corrected chi connectivity index (χ2v) is 3.80. The molecule has 0 aliphatic carbocycles. The number of methoxy groups -OCH3 is 2. The molecule has 21 heavy (non-hydrogen) atoms. The van der Waals surface area contributed by atoms with Gasteiger partial charge in [-0.15, -0.1) is 0 Å². The maximum atomic E-state index is 9.12. The van der Waals surface area contributed by atoms with E-state index in [0.717, 1.165) is 0 Å². The molecule has 2 N–H and O–H groups in total. The van der Waals surface area contributed by atoms with Crippen LogP contribution in [0, 0.1) is 34.0 Å². The van der Waals surface area contributed by atoms with Crippen molar-refractivity contribution in [1.29, 1.82) is 15.8 Å². The summed E-state index contributed by atoms with van der Waals surface area (Å²) < 4.78 is 10.3. The molecule has 0 bridgehead atoms. The van der Waals surface area contributed by atoms with E-state index in [2.05, 4.69) is 0 Å². The number of nitrogens with zero attached hydrogens (tertiary/aromatic N) is 3. The molecule has 0 aliphatic rings. The molecule has 0 saturated carbocycles. The van der Waals surface area contributed by atoms with Gasteiger partial charge in [-0.1, -0.05) is 6.07 Å². The molecule has 104 valence electrons. The Balaban J connectivity index is 3.35. The maximum absolute atomic E-state index is 9.12. The van der Waals surface area contributed by atoms with Crippen molar-refractivity contribution in [1.82, 2.24) is 0 Å². The van der Waals surface area contributed by atoms with Gasteiger partial charge in [0.2, 0.25) is 0 Å². The third-order valence-electron chi connectivity index (χ3n) is 2.62. The zero-order valence-corrected chi connectivity index (χ0v) is 11.5. The van der Waals surface area contributed by atoms with Crippen molar-refractivity contribution in [3.63, 3.8) is 0 Å². The van der Waals surface area contributed by atoms with Gasteiger partial charge in [-0.3, -0.25) is 0 Å². The van der Waals surface area contributed by atoms with Crippen LogP contribution in [-0.4, -0.2) is 14.2 Å². The normalized spacial score (nSPS) is 9.76. The number of nitrogens with two attached hydrogens (primary N) is 1. The molecule has 0 fully saturated rings. The highest BCUT2D eigenvalue weighted by atomic mass is 16.5. The van der Waals surface area contributed by atoms with E-state index in [0.29, 0.717) is 17.1 Å². The summed E-state index contributed by atoms with van der Waals surface area (Å²) in [5.41, 5.74) is 5.85. The van der Waals surface area contributed by atoms with E-state index >= 15 is 0 Å². The summed E-state index contributed by atoms with van der Waals surface area (Å²) in [6.07, 6.45) is 1.46. The number of ether oxygens (including phenoxy) is 2. The number of benzene rings is 1. The molecule has 1 aromatic carbocycles. The number of nitriles is 3. The molecule has 0 atom stereocenters. The van der Waals surface area contributed by atoms with Crippen LogP contribution in [0.2, 0.25) is 0 Å². The van der Waals surface area contributed by atoms with Crippen LogP contribution in [0.15, 0.2) is 35.0 Å². The molecule has 0 amide bonds. The molecule has 0 unspecified atom stereocenters. The second-order valence-electron chi connectivity index (χ2n) is 3.80. The summed E-state index contributed by atoms with van der Waals surface area (Å²) in [4.78, 5) is 0. The predicted molar refractivity (Wildman–Crippen MR) is 75.6 cm³/mol. The van der Waals surface area contributed by atoms with Gasteiger partial charge in [0.25, 0.3) is 0 Å². The molecular weight excluding hydrogens is 268 g/mol. The highest BCUT2D eigenvalue weighted by Crippen LogP contribution is 2.28. The van der Waals surface area contributed by atoms with Crippen molar-refractivity contribution >= 4 is 6.08 Å². The Labute approximate surface area is 122 Å². The number of rotatable bonds is 4. The van der Waals surface area contributed by atoms with Crippen LogP contribution in [0.25, 0.3) is 6.08 Å². The number of allylic oxidation sites excluding steroid dienone is 2. The van der Waals surface area contributed by atoms with E-state index in [1.165, 1.54) is 20.3 Å². The van der Waals surface area contributed by atoms with Crippen LogP contribution in [0.1, 0.15) is 5.56 Å². The first-order valence-corrected chi connectivity index (χ1v) is 5.75. The quantitative estimate of drug-likeness (QED) is 0.664. The smallest absolute Gasteiger partial charge is 0.161 e. The summed E-state index contributed by atoms with van der Waals surface area (Å²) in [5.74, 6) is 1.04. The summed E-state index contributed by atoms with van der Waals surface area (Å²) >= 11 is 0. The van der Waals surface area contributed by atoms with Crippen LogP contribution in [0.5, 0.6) is 11.5 Å². The predicted octanol–water partition coefficient (Wildman–Crippen LogP) is 1.87. The van der Waals surface area contributed by atoms with Crippen molar-refractivity contribution in [3.8, 4) is 29.7 Å². The maximum Gasteiger partial charge on any atom is 0.161 e. The molecular formula is C15H12N4O2. The zero-order chi connectivity index (χ0) is 15.8. The average molecular weight is 280 g/mol. The molecule has 0 radical (unpaired) electrons. The lowest BCUT2D eigenvalue weighted by atomic mass is 10.1. The molecule has 1 rings (SSSR count). The number of hydrogen-bond acceptors (Lipinski definition) is 6. The third kappa shape index (κ3) is 3.53. The van der Waals surface area contributed by atoms with E-state index in [9.17, 15) is 0 Å². The number of hydrogen-bond donors (Lipinski definition) is 1. The molecule has 6 heteroatoms. The SMILES string of the molecule is COc1ccc(C=C(C#N)C(N)=C(C#N)C#N)cc1OC. The van der Waals surface area contributed by atoms with Crippen molar-refractivity contribution in [3.05, 3.63) is 40.6 Å². The van der Waals surface area contributed by atoms with Crippen molar-refractivity contribution in [2.45, 2.75) is 0 Å². The molecule has 1 aromatic rings. The van der Waals surface area contributed by atoms with E-state index in [4.69, 9.17) is 31.0 Å². The summed E-state index contributed by atoms with van der Waals surface area (Å²) in [5, 5.41) is 26.7. The molecule has 6 nitrogen and oxygen atoms in total. The minimum absolute atomic E-state index is 0.0281. The van der Waals surface area contributed by atoms with Crippen LogP contribution < -0.4 is 15.2 Å². The largest absolute Gasteiger partial charge is 0.493 e. The van der Waals surface area contributed by atoms with E-state index in [1.54, 1.807) is 30.3 Å². The Morgan fingerprint density at radius 2 is 1.67 bits per heavy atom. The Kier molecular flexibility index (Phi) is 5.38. The van der Waals surface area contributed by atoms with Gasteiger partial charge in [0, 0.05) is 0 Å². The average Bonchev–Trinajstić information content (AvgIpc) is 2.53. The van der Waals surface area contributed by atoms with Crippen molar-refractivity contribution in [2.75, 3.05) is 14.2 Å². The Bertz CT molecular complexity index is 712. The fourth-order valence-corrected chi connectivity index (χ4v) is 1.56. The molecule has 0 heterocycles. The van der Waals surface area contributed by atoms with Gasteiger partial charge in [0.1, 0.15) is 18.2 Å². The van der Waals surface area contributed by atoms with Gasteiger partial charge < -0.3 is 15.2 Å². The second kappa shape index (κ2) is 7.23. The lowest BCUT2D eigenvalue weighted by Crippen LogP contribution is -2.03. The highest BCUT2D eigenvalue weighted by molar-refractivity contribution is 5.67. The van der Waals surface area contributed by atoms with Crippen molar-refractivity contribution < 1.29 is 9.47 Å². The fraction of sp³-hybridized carbons (Fsp3) is 0.133. The Hall–Kier alpha value is -3.43.